The molecule has 0 aliphatic carbocycles. The second-order valence-electron chi connectivity index (χ2n) is 6.08. The van der Waals surface area contributed by atoms with Gasteiger partial charge in [-0.2, -0.15) is 0 Å². The predicted molar refractivity (Wildman–Crippen MR) is 95.0 cm³/mol. The third-order valence-corrected chi connectivity index (χ3v) is 7.93. The van der Waals surface area contributed by atoms with Crippen LogP contribution in [0.15, 0.2) is 30.8 Å². The Morgan fingerprint density at radius 2 is 1.70 bits per heavy atom. The summed E-state index contributed by atoms with van der Waals surface area (Å²) in [5.41, 5.74) is 1.24. The van der Waals surface area contributed by atoms with Crippen molar-refractivity contribution in [3.05, 3.63) is 36.4 Å². The fourth-order valence-electron chi connectivity index (χ4n) is 2.60. The molecular formula is C18H31NSi. The van der Waals surface area contributed by atoms with Gasteiger partial charge in [-0.3, -0.25) is 0 Å². The van der Waals surface area contributed by atoms with Crippen LogP contribution in [0.3, 0.4) is 0 Å². The van der Waals surface area contributed by atoms with Crippen LogP contribution in [0.1, 0.15) is 45.1 Å². The molecular weight excluding hydrogens is 258 g/mol. The molecule has 0 spiro atoms. The van der Waals surface area contributed by atoms with Gasteiger partial charge in [-0.1, -0.05) is 76.7 Å². The Bertz CT molecular complexity index is 404. The van der Waals surface area contributed by atoms with Crippen LogP contribution in [0.2, 0.25) is 13.1 Å². The summed E-state index contributed by atoms with van der Waals surface area (Å²) < 4.78 is 2.78. The third-order valence-electron chi connectivity index (χ3n) is 4.18. The SMILES string of the molecule is C=Cc1cccc([Si](C)(C)N(CCCC)CCCC)c1. The van der Waals surface area contributed by atoms with Gasteiger partial charge in [0.25, 0.3) is 0 Å². The lowest BCUT2D eigenvalue weighted by molar-refractivity contribution is 0.405. The smallest absolute Gasteiger partial charge is 0.154 e. The lowest BCUT2D eigenvalue weighted by Gasteiger charge is -2.37. The van der Waals surface area contributed by atoms with Crippen molar-refractivity contribution in [1.29, 1.82) is 0 Å². The van der Waals surface area contributed by atoms with E-state index in [1.54, 1.807) is 0 Å². The highest BCUT2D eigenvalue weighted by molar-refractivity contribution is 6.87. The maximum absolute atomic E-state index is 3.90. The lowest BCUT2D eigenvalue weighted by atomic mass is 10.2. The van der Waals surface area contributed by atoms with E-state index in [0.29, 0.717) is 0 Å². The van der Waals surface area contributed by atoms with Gasteiger partial charge in [0.15, 0.2) is 8.24 Å². The number of hydrogen-bond acceptors (Lipinski definition) is 1. The molecule has 20 heavy (non-hydrogen) atoms. The minimum absolute atomic E-state index is 1.24. The fraction of sp³-hybridized carbons (Fsp3) is 0.556. The van der Waals surface area contributed by atoms with Gasteiger partial charge in [-0.15, -0.1) is 0 Å². The monoisotopic (exact) mass is 289 g/mol. The van der Waals surface area contributed by atoms with Crippen LogP contribution in [-0.2, 0) is 0 Å². The van der Waals surface area contributed by atoms with E-state index in [-0.39, 0.29) is 0 Å². The molecule has 0 N–H and O–H groups in total. The summed E-state index contributed by atoms with van der Waals surface area (Å²) >= 11 is 0. The first-order valence-electron chi connectivity index (χ1n) is 8.04. The maximum Gasteiger partial charge on any atom is 0.154 e. The molecule has 112 valence electrons. The first-order chi connectivity index (χ1) is 9.56. The summed E-state index contributed by atoms with van der Waals surface area (Å²) in [7, 11) is -1.55. The van der Waals surface area contributed by atoms with Crippen LogP contribution in [0, 0.1) is 0 Å². The van der Waals surface area contributed by atoms with Crippen molar-refractivity contribution in [3.8, 4) is 0 Å². The molecule has 0 bridgehead atoms. The number of hydrogen-bond donors (Lipinski definition) is 0. The molecule has 0 amide bonds. The Kier molecular flexibility index (Phi) is 7.24. The van der Waals surface area contributed by atoms with Crippen LogP contribution in [0.4, 0.5) is 0 Å². The summed E-state index contributed by atoms with van der Waals surface area (Å²) in [6.07, 6.45) is 7.12. The van der Waals surface area contributed by atoms with Gasteiger partial charge in [-0.05, 0) is 36.7 Å². The van der Waals surface area contributed by atoms with Gasteiger partial charge >= 0.3 is 0 Å². The van der Waals surface area contributed by atoms with E-state index in [4.69, 9.17) is 0 Å². The Hall–Kier alpha value is -0.863. The van der Waals surface area contributed by atoms with Crippen LogP contribution in [0.5, 0.6) is 0 Å². The Balaban J connectivity index is 2.96. The van der Waals surface area contributed by atoms with Gasteiger partial charge in [0, 0.05) is 0 Å². The second kappa shape index (κ2) is 8.43. The number of benzene rings is 1. The topological polar surface area (TPSA) is 3.24 Å². The molecule has 0 heterocycles. The second-order valence-corrected chi connectivity index (χ2v) is 10.4. The zero-order valence-corrected chi connectivity index (χ0v) is 14.8. The Morgan fingerprint density at radius 1 is 1.10 bits per heavy atom. The fourth-order valence-corrected chi connectivity index (χ4v) is 5.42. The highest BCUT2D eigenvalue weighted by Crippen LogP contribution is 2.14. The largest absolute Gasteiger partial charge is 0.320 e. The van der Waals surface area contributed by atoms with Crippen molar-refractivity contribution in [1.82, 2.24) is 4.57 Å². The molecule has 0 fully saturated rings. The third kappa shape index (κ3) is 4.60. The normalized spacial score (nSPS) is 11.8. The molecule has 1 rings (SSSR count). The molecule has 1 nitrogen and oxygen atoms in total. The summed E-state index contributed by atoms with van der Waals surface area (Å²) in [6, 6.07) is 8.97. The lowest BCUT2D eigenvalue weighted by Crippen LogP contribution is -2.58. The highest BCUT2D eigenvalue weighted by Gasteiger charge is 2.30. The molecule has 2 heteroatoms. The minimum atomic E-state index is -1.55. The molecule has 0 aliphatic rings. The van der Waals surface area contributed by atoms with Crippen molar-refractivity contribution in [2.75, 3.05) is 13.1 Å². The molecule has 0 aliphatic heterocycles. The van der Waals surface area contributed by atoms with E-state index in [0.717, 1.165) is 0 Å². The minimum Gasteiger partial charge on any atom is -0.320 e. The Morgan fingerprint density at radius 3 is 2.20 bits per heavy atom. The van der Waals surface area contributed by atoms with Crippen LogP contribution >= 0.6 is 0 Å². The first-order valence-corrected chi connectivity index (χ1v) is 11.0. The average molecular weight is 290 g/mol. The van der Waals surface area contributed by atoms with E-state index in [1.165, 1.54) is 49.5 Å². The van der Waals surface area contributed by atoms with Crippen LogP contribution < -0.4 is 5.19 Å². The molecule has 1 aromatic rings. The summed E-state index contributed by atoms with van der Waals surface area (Å²) in [5, 5.41) is 1.53. The standard InChI is InChI=1S/C18H31NSi/c1-6-9-14-19(15-10-7-2)20(4,5)18-13-11-12-17(8-3)16-18/h8,11-13,16H,3,6-7,9-10,14-15H2,1-2,4-5H3. The van der Waals surface area contributed by atoms with Crippen LogP contribution in [-0.4, -0.2) is 25.9 Å². The van der Waals surface area contributed by atoms with Crippen molar-refractivity contribution >= 4 is 19.5 Å². The van der Waals surface area contributed by atoms with E-state index in [9.17, 15) is 0 Å². The number of rotatable bonds is 9. The highest BCUT2D eigenvalue weighted by atomic mass is 28.3. The first kappa shape index (κ1) is 17.2. The maximum atomic E-state index is 3.90. The quantitative estimate of drug-likeness (QED) is 0.598. The molecule has 0 saturated carbocycles. The van der Waals surface area contributed by atoms with Crippen molar-refractivity contribution < 1.29 is 0 Å². The van der Waals surface area contributed by atoms with Gasteiger partial charge in [0.05, 0.1) is 0 Å². The molecule has 0 saturated heterocycles. The van der Waals surface area contributed by atoms with E-state index in [1.807, 2.05) is 6.08 Å². The van der Waals surface area contributed by atoms with Crippen molar-refractivity contribution in [2.45, 2.75) is 52.6 Å². The Labute approximate surface area is 126 Å². The predicted octanol–water partition coefficient (Wildman–Crippen LogP) is 4.64. The van der Waals surface area contributed by atoms with Gasteiger partial charge in [-0.25, -0.2) is 0 Å². The zero-order valence-electron chi connectivity index (χ0n) is 13.8. The zero-order chi connectivity index (χ0) is 15.0. The molecule has 0 aromatic heterocycles. The van der Waals surface area contributed by atoms with Gasteiger partial charge in [0.1, 0.15) is 0 Å². The summed E-state index contributed by atoms with van der Waals surface area (Å²) in [6.45, 7) is 15.9. The van der Waals surface area contributed by atoms with Crippen molar-refractivity contribution in [2.24, 2.45) is 0 Å². The van der Waals surface area contributed by atoms with Gasteiger partial charge < -0.3 is 4.57 Å². The average Bonchev–Trinajstić information content (AvgIpc) is 2.47. The molecule has 0 unspecified atom stereocenters. The molecule has 0 radical (unpaired) electrons. The van der Waals surface area contributed by atoms with E-state index in [2.05, 4.69) is 62.4 Å². The summed E-state index contributed by atoms with van der Waals surface area (Å²) in [4.78, 5) is 0. The summed E-state index contributed by atoms with van der Waals surface area (Å²) in [5.74, 6) is 0. The van der Waals surface area contributed by atoms with Crippen LogP contribution in [0.25, 0.3) is 6.08 Å². The van der Waals surface area contributed by atoms with Crippen molar-refractivity contribution in [3.63, 3.8) is 0 Å². The molecule has 0 atom stereocenters. The number of nitrogens with zero attached hydrogens (tertiary/aromatic N) is 1. The van der Waals surface area contributed by atoms with E-state index >= 15 is 0 Å². The number of unbranched alkanes of at least 4 members (excludes halogenated alkanes) is 2. The molecule has 1 aromatic carbocycles. The van der Waals surface area contributed by atoms with Gasteiger partial charge in [0.2, 0.25) is 0 Å². The van der Waals surface area contributed by atoms with E-state index < -0.39 is 8.24 Å².